The van der Waals surface area contributed by atoms with Crippen molar-refractivity contribution >= 4 is 27.3 Å². The molecule has 0 amide bonds. The zero-order valence-electron chi connectivity index (χ0n) is 9.77. The molecule has 0 aliphatic carbocycles. The molecule has 1 rings (SSSR count). The van der Waals surface area contributed by atoms with Crippen molar-refractivity contribution < 1.29 is 0 Å². The normalized spacial score (nSPS) is 12.0. The van der Waals surface area contributed by atoms with E-state index in [1.807, 2.05) is 11.3 Å². The van der Waals surface area contributed by atoms with Crippen LogP contribution in [0.3, 0.4) is 0 Å². The van der Waals surface area contributed by atoms with E-state index in [1.54, 1.807) is 0 Å². The molecule has 3 heteroatoms. The van der Waals surface area contributed by atoms with Gasteiger partial charge in [0.25, 0.3) is 0 Å². The van der Waals surface area contributed by atoms with Crippen LogP contribution >= 0.6 is 27.3 Å². The van der Waals surface area contributed by atoms with Crippen molar-refractivity contribution in [1.82, 2.24) is 5.32 Å². The van der Waals surface area contributed by atoms with E-state index in [-0.39, 0.29) is 5.41 Å². The Morgan fingerprint density at radius 2 is 2.13 bits per heavy atom. The molecule has 0 radical (unpaired) electrons. The molecule has 0 unspecified atom stereocenters. The lowest BCUT2D eigenvalue weighted by Crippen LogP contribution is -2.25. The molecule has 1 N–H and O–H groups in total. The van der Waals surface area contributed by atoms with E-state index in [1.165, 1.54) is 22.2 Å². The summed E-state index contributed by atoms with van der Waals surface area (Å²) < 4.78 is 1.26. The van der Waals surface area contributed by atoms with E-state index in [0.717, 1.165) is 13.1 Å². The summed E-state index contributed by atoms with van der Waals surface area (Å²) in [4.78, 5) is 1.46. The predicted molar refractivity (Wildman–Crippen MR) is 72.8 cm³/mol. The number of hydrogen-bond donors (Lipinski definition) is 1. The average molecular weight is 290 g/mol. The Balaban J connectivity index is 2.48. The van der Waals surface area contributed by atoms with E-state index in [2.05, 4.69) is 53.5 Å². The Kier molecular flexibility index (Phi) is 5.30. The van der Waals surface area contributed by atoms with Gasteiger partial charge in [-0.3, -0.25) is 0 Å². The molecule has 0 bridgehead atoms. The van der Waals surface area contributed by atoms with Gasteiger partial charge >= 0.3 is 0 Å². The summed E-state index contributed by atoms with van der Waals surface area (Å²) >= 11 is 5.46. The molecule has 1 heterocycles. The summed E-state index contributed by atoms with van der Waals surface area (Å²) in [5.74, 6) is 0. The van der Waals surface area contributed by atoms with Gasteiger partial charge in [0.2, 0.25) is 0 Å². The fourth-order valence-corrected chi connectivity index (χ4v) is 3.66. The van der Waals surface area contributed by atoms with Gasteiger partial charge in [0, 0.05) is 14.8 Å². The summed E-state index contributed by atoms with van der Waals surface area (Å²) in [6, 6.07) is 2.14. The van der Waals surface area contributed by atoms with Crippen LogP contribution in [0.5, 0.6) is 0 Å². The molecular weight excluding hydrogens is 270 g/mol. The Morgan fingerprint density at radius 1 is 1.40 bits per heavy atom. The highest BCUT2D eigenvalue weighted by Gasteiger charge is 2.23. The number of halogens is 1. The lowest BCUT2D eigenvalue weighted by atomic mass is 9.87. The standard InChI is InChI=1S/C12H20BrNS/c1-4-7-14-8-6-12(2,3)11-10(13)5-9-15-11/h5,9,14H,4,6-8H2,1-3H3. The molecule has 1 nitrogen and oxygen atoms in total. The van der Waals surface area contributed by atoms with Crippen LogP contribution < -0.4 is 5.32 Å². The zero-order chi connectivity index (χ0) is 11.3. The summed E-state index contributed by atoms with van der Waals surface area (Å²) in [6.07, 6.45) is 2.40. The van der Waals surface area contributed by atoms with Crippen LogP contribution in [0.25, 0.3) is 0 Å². The Morgan fingerprint density at radius 3 is 2.67 bits per heavy atom. The third kappa shape index (κ3) is 3.89. The molecule has 0 aliphatic rings. The van der Waals surface area contributed by atoms with Gasteiger partial charge < -0.3 is 5.32 Å². The van der Waals surface area contributed by atoms with Crippen molar-refractivity contribution in [2.75, 3.05) is 13.1 Å². The second-order valence-electron chi connectivity index (χ2n) is 4.48. The highest BCUT2D eigenvalue weighted by atomic mass is 79.9. The van der Waals surface area contributed by atoms with Crippen LogP contribution in [0.4, 0.5) is 0 Å². The summed E-state index contributed by atoms with van der Waals surface area (Å²) in [6.45, 7) is 9.06. The first-order valence-electron chi connectivity index (χ1n) is 5.52. The molecular formula is C12H20BrNS. The number of rotatable bonds is 6. The quantitative estimate of drug-likeness (QED) is 0.775. The van der Waals surface area contributed by atoms with Crippen molar-refractivity contribution in [2.24, 2.45) is 0 Å². The molecule has 0 spiro atoms. The molecule has 1 aromatic rings. The van der Waals surface area contributed by atoms with Gasteiger partial charge in [0.15, 0.2) is 0 Å². The maximum atomic E-state index is 3.61. The molecule has 0 aromatic carbocycles. The fourth-order valence-electron chi connectivity index (χ4n) is 1.59. The maximum Gasteiger partial charge on any atom is 0.0319 e. The molecule has 0 saturated heterocycles. The summed E-state index contributed by atoms with van der Waals surface area (Å²) in [7, 11) is 0. The van der Waals surface area contributed by atoms with Crippen molar-refractivity contribution in [1.29, 1.82) is 0 Å². The van der Waals surface area contributed by atoms with E-state index < -0.39 is 0 Å². The minimum absolute atomic E-state index is 0.272. The number of thiophene rings is 1. The Bertz CT molecular complexity index is 294. The van der Waals surface area contributed by atoms with Gasteiger partial charge in [-0.2, -0.15) is 0 Å². The predicted octanol–water partition coefficient (Wildman–Crippen LogP) is 4.18. The van der Waals surface area contributed by atoms with Crippen molar-refractivity contribution in [3.63, 3.8) is 0 Å². The largest absolute Gasteiger partial charge is 0.317 e. The topological polar surface area (TPSA) is 12.0 Å². The SMILES string of the molecule is CCCNCCC(C)(C)c1sccc1Br. The number of hydrogen-bond acceptors (Lipinski definition) is 2. The van der Waals surface area contributed by atoms with Crippen LogP contribution in [-0.4, -0.2) is 13.1 Å². The van der Waals surface area contributed by atoms with Gasteiger partial charge in [0.1, 0.15) is 0 Å². The first kappa shape index (κ1) is 13.2. The van der Waals surface area contributed by atoms with Crippen LogP contribution in [0, 0.1) is 0 Å². The van der Waals surface area contributed by atoms with Crippen LogP contribution in [0.1, 0.15) is 38.5 Å². The number of nitrogens with one attached hydrogen (secondary N) is 1. The lowest BCUT2D eigenvalue weighted by molar-refractivity contribution is 0.463. The van der Waals surface area contributed by atoms with E-state index >= 15 is 0 Å². The molecule has 1 aromatic heterocycles. The third-order valence-electron chi connectivity index (χ3n) is 2.59. The van der Waals surface area contributed by atoms with Crippen LogP contribution in [0.15, 0.2) is 15.9 Å². The Labute approximate surface area is 105 Å². The summed E-state index contributed by atoms with van der Waals surface area (Å²) in [5.41, 5.74) is 0.272. The molecule has 0 fully saturated rings. The van der Waals surface area contributed by atoms with Gasteiger partial charge in [-0.05, 0) is 53.3 Å². The smallest absolute Gasteiger partial charge is 0.0319 e. The molecule has 0 atom stereocenters. The van der Waals surface area contributed by atoms with Crippen molar-refractivity contribution in [3.05, 3.63) is 20.8 Å². The second-order valence-corrected chi connectivity index (χ2v) is 6.25. The van der Waals surface area contributed by atoms with E-state index in [9.17, 15) is 0 Å². The van der Waals surface area contributed by atoms with E-state index in [0.29, 0.717) is 0 Å². The third-order valence-corrected chi connectivity index (χ3v) is 4.79. The minimum atomic E-state index is 0.272. The van der Waals surface area contributed by atoms with Gasteiger partial charge in [-0.15, -0.1) is 11.3 Å². The highest BCUT2D eigenvalue weighted by Crippen LogP contribution is 2.36. The molecule has 0 aliphatic heterocycles. The maximum absolute atomic E-state index is 3.61. The minimum Gasteiger partial charge on any atom is -0.317 e. The highest BCUT2D eigenvalue weighted by molar-refractivity contribution is 9.10. The molecule has 15 heavy (non-hydrogen) atoms. The second kappa shape index (κ2) is 6.02. The van der Waals surface area contributed by atoms with Gasteiger partial charge in [-0.25, -0.2) is 0 Å². The van der Waals surface area contributed by atoms with Crippen molar-refractivity contribution in [3.8, 4) is 0 Å². The molecule has 0 saturated carbocycles. The lowest BCUT2D eigenvalue weighted by Gasteiger charge is -2.24. The average Bonchev–Trinajstić information content (AvgIpc) is 2.60. The molecule has 86 valence electrons. The fraction of sp³-hybridized carbons (Fsp3) is 0.667. The first-order valence-corrected chi connectivity index (χ1v) is 7.19. The van der Waals surface area contributed by atoms with Gasteiger partial charge in [0.05, 0.1) is 0 Å². The summed E-state index contributed by atoms with van der Waals surface area (Å²) in [5, 5.41) is 5.62. The van der Waals surface area contributed by atoms with Crippen LogP contribution in [0.2, 0.25) is 0 Å². The monoisotopic (exact) mass is 289 g/mol. The van der Waals surface area contributed by atoms with Gasteiger partial charge in [-0.1, -0.05) is 20.8 Å². The Hall–Kier alpha value is 0.140. The van der Waals surface area contributed by atoms with E-state index in [4.69, 9.17) is 0 Å². The van der Waals surface area contributed by atoms with Crippen LogP contribution in [-0.2, 0) is 5.41 Å². The van der Waals surface area contributed by atoms with Crippen molar-refractivity contribution in [2.45, 2.75) is 39.0 Å². The first-order chi connectivity index (χ1) is 7.08. The zero-order valence-corrected chi connectivity index (χ0v) is 12.2.